The van der Waals surface area contributed by atoms with Gasteiger partial charge < -0.3 is 19.7 Å². The summed E-state index contributed by atoms with van der Waals surface area (Å²) >= 11 is 1.49. The Labute approximate surface area is 123 Å². The molecule has 1 amide bonds. The second-order valence-electron chi connectivity index (χ2n) is 5.67. The molecule has 0 aliphatic carbocycles. The number of carbonyl (C=O) groups excluding carboxylic acids is 1. The van der Waals surface area contributed by atoms with E-state index in [0.29, 0.717) is 18.3 Å². The monoisotopic (exact) mass is 299 g/mol. The lowest BCUT2D eigenvalue weighted by Gasteiger charge is -2.34. The normalized spacial score (nSPS) is 19.8. The van der Waals surface area contributed by atoms with Crippen LogP contribution in [0.25, 0.3) is 0 Å². The fourth-order valence-corrected chi connectivity index (χ4v) is 2.75. The van der Waals surface area contributed by atoms with E-state index >= 15 is 0 Å². The molecular weight excluding hydrogens is 278 g/mol. The van der Waals surface area contributed by atoms with Gasteiger partial charge in [-0.05, 0) is 20.8 Å². The molecule has 1 aliphatic heterocycles. The molecule has 1 saturated heterocycles. The highest BCUT2D eigenvalue weighted by molar-refractivity contribution is 7.13. The Morgan fingerprint density at radius 1 is 1.55 bits per heavy atom. The molecule has 20 heavy (non-hydrogen) atoms. The minimum Gasteiger partial charge on any atom is -0.473 e. The van der Waals surface area contributed by atoms with Crippen LogP contribution in [0, 0.1) is 0 Å². The maximum absolute atomic E-state index is 12.1. The third kappa shape index (κ3) is 3.83. The number of piperazine rings is 1. The lowest BCUT2D eigenvalue weighted by atomic mass is 10.2. The number of nitrogens with one attached hydrogen (secondary N) is 1. The number of hydrogen-bond acceptors (Lipinski definition) is 6. The highest BCUT2D eigenvalue weighted by Gasteiger charge is 2.29. The molecule has 6 nitrogen and oxygen atoms in total. The smallest absolute Gasteiger partial charge is 0.410 e. The van der Waals surface area contributed by atoms with E-state index in [1.807, 2.05) is 20.8 Å². The van der Waals surface area contributed by atoms with Gasteiger partial charge in [-0.2, -0.15) is 0 Å². The first-order valence-corrected chi connectivity index (χ1v) is 7.42. The minimum absolute atomic E-state index is 0.0812. The van der Waals surface area contributed by atoms with Gasteiger partial charge in [-0.15, -0.1) is 0 Å². The van der Waals surface area contributed by atoms with Crippen molar-refractivity contribution in [3.8, 4) is 5.19 Å². The number of amides is 1. The molecule has 1 atom stereocenters. The van der Waals surface area contributed by atoms with E-state index in [0.717, 1.165) is 11.4 Å². The Hall–Kier alpha value is -1.34. The maximum atomic E-state index is 12.1. The largest absolute Gasteiger partial charge is 0.473 e. The van der Waals surface area contributed by atoms with Gasteiger partial charge in [0.25, 0.3) is 5.19 Å². The van der Waals surface area contributed by atoms with E-state index in [4.69, 9.17) is 9.47 Å². The number of aromatic nitrogens is 1. The molecule has 1 fully saturated rings. The standard InChI is InChI=1S/C13H21N3O3S/c1-13(2,3)19-12(17)16-6-5-14-9(8-16)10-7-15-11(18-4)20-10/h7,9,14H,5-6,8H2,1-4H3. The molecule has 0 radical (unpaired) electrons. The zero-order valence-corrected chi connectivity index (χ0v) is 13.1. The van der Waals surface area contributed by atoms with Crippen molar-refractivity contribution in [2.24, 2.45) is 0 Å². The van der Waals surface area contributed by atoms with Gasteiger partial charge in [0.15, 0.2) is 0 Å². The summed E-state index contributed by atoms with van der Waals surface area (Å²) in [6.45, 7) is 7.60. The molecule has 2 heterocycles. The Balaban J connectivity index is 1.99. The quantitative estimate of drug-likeness (QED) is 0.905. The van der Waals surface area contributed by atoms with Gasteiger partial charge in [0, 0.05) is 30.7 Å². The van der Waals surface area contributed by atoms with Crippen LogP contribution in [0.15, 0.2) is 6.20 Å². The van der Waals surface area contributed by atoms with Crippen LogP contribution in [-0.4, -0.2) is 48.3 Å². The van der Waals surface area contributed by atoms with Crippen LogP contribution in [0.1, 0.15) is 31.7 Å². The van der Waals surface area contributed by atoms with Crippen LogP contribution in [-0.2, 0) is 4.74 Å². The summed E-state index contributed by atoms with van der Waals surface area (Å²) in [6.07, 6.45) is 1.53. The zero-order valence-electron chi connectivity index (χ0n) is 12.3. The average Bonchev–Trinajstić information content (AvgIpc) is 2.85. The number of ether oxygens (including phenoxy) is 2. The molecule has 2 rings (SSSR count). The second-order valence-corrected chi connectivity index (χ2v) is 6.69. The van der Waals surface area contributed by atoms with Gasteiger partial charge in [-0.1, -0.05) is 11.3 Å². The van der Waals surface area contributed by atoms with E-state index < -0.39 is 5.60 Å². The van der Waals surface area contributed by atoms with Crippen molar-refractivity contribution in [1.82, 2.24) is 15.2 Å². The summed E-state index contributed by atoms with van der Waals surface area (Å²) < 4.78 is 10.5. The lowest BCUT2D eigenvalue weighted by Crippen LogP contribution is -2.49. The number of rotatable bonds is 2. The molecule has 1 aliphatic rings. The Kier molecular flexibility index (Phi) is 4.49. The third-order valence-corrected chi connectivity index (χ3v) is 3.92. The first kappa shape index (κ1) is 15.1. The summed E-state index contributed by atoms with van der Waals surface area (Å²) in [5.74, 6) is 0. The number of nitrogens with zero attached hydrogens (tertiary/aromatic N) is 2. The van der Waals surface area contributed by atoms with Gasteiger partial charge in [0.2, 0.25) is 0 Å². The topological polar surface area (TPSA) is 63.7 Å². The predicted octanol–water partition coefficient (Wildman–Crippen LogP) is 2.03. The summed E-state index contributed by atoms with van der Waals surface area (Å²) in [6, 6.07) is 0.0812. The fourth-order valence-electron chi connectivity index (χ4n) is 1.96. The molecule has 1 aromatic rings. The number of hydrogen-bond donors (Lipinski definition) is 1. The molecule has 7 heteroatoms. The van der Waals surface area contributed by atoms with Crippen molar-refractivity contribution in [2.45, 2.75) is 32.4 Å². The Morgan fingerprint density at radius 2 is 2.30 bits per heavy atom. The molecule has 112 valence electrons. The van der Waals surface area contributed by atoms with Crippen molar-refractivity contribution in [1.29, 1.82) is 0 Å². The summed E-state index contributed by atoms with van der Waals surface area (Å²) in [5.41, 5.74) is -0.467. The molecule has 0 saturated carbocycles. The minimum atomic E-state index is -0.467. The zero-order chi connectivity index (χ0) is 14.8. The van der Waals surface area contributed by atoms with Gasteiger partial charge in [-0.3, -0.25) is 0 Å². The molecule has 1 N–H and O–H groups in total. The molecule has 1 aromatic heterocycles. The van der Waals surface area contributed by atoms with Gasteiger partial charge in [0.1, 0.15) is 5.60 Å². The van der Waals surface area contributed by atoms with E-state index in [1.165, 1.54) is 11.3 Å². The highest BCUT2D eigenvalue weighted by Crippen LogP contribution is 2.28. The first-order valence-electron chi connectivity index (χ1n) is 6.60. The van der Waals surface area contributed by atoms with E-state index in [-0.39, 0.29) is 12.1 Å². The molecular formula is C13H21N3O3S. The first-order chi connectivity index (χ1) is 9.39. The van der Waals surface area contributed by atoms with Gasteiger partial charge in [0.05, 0.1) is 13.2 Å². The highest BCUT2D eigenvalue weighted by atomic mass is 32.1. The number of thiazole rings is 1. The van der Waals surface area contributed by atoms with E-state index in [9.17, 15) is 4.79 Å². The molecule has 0 aromatic carbocycles. The van der Waals surface area contributed by atoms with Gasteiger partial charge in [-0.25, -0.2) is 9.78 Å². The fraction of sp³-hybridized carbons (Fsp3) is 0.692. The van der Waals surface area contributed by atoms with Crippen molar-refractivity contribution in [3.05, 3.63) is 11.1 Å². The maximum Gasteiger partial charge on any atom is 0.410 e. The van der Waals surface area contributed by atoms with Crippen molar-refractivity contribution < 1.29 is 14.3 Å². The summed E-state index contributed by atoms with van der Waals surface area (Å²) in [5, 5.41) is 4.02. The van der Waals surface area contributed by atoms with Crippen molar-refractivity contribution in [3.63, 3.8) is 0 Å². The Morgan fingerprint density at radius 3 is 2.90 bits per heavy atom. The second kappa shape index (κ2) is 5.97. The van der Waals surface area contributed by atoms with Gasteiger partial charge >= 0.3 is 6.09 Å². The van der Waals surface area contributed by atoms with E-state index in [1.54, 1.807) is 18.2 Å². The summed E-state index contributed by atoms with van der Waals surface area (Å²) in [7, 11) is 1.60. The predicted molar refractivity (Wildman–Crippen MR) is 77.2 cm³/mol. The summed E-state index contributed by atoms with van der Waals surface area (Å²) in [4.78, 5) is 19.1. The SMILES string of the molecule is COc1ncc(C2CN(C(=O)OC(C)(C)C)CCN2)s1. The lowest BCUT2D eigenvalue weighted by molar-refractivity contribution is 0.0196. The van der Waals surface area contributed by atoms with Crippen LogP contribution < -0.4 is 10.1 Å². The van der Waals surface area contributed by atoms with E-state index in [2.05, 4.69) is 10.3 Å². The third-order valence-electron chi connectivity index (χ3n) is 2.85. The van der Waals surface area contributed by atoms with Crippen LogP contribution >= 0.6 is 11.3 Å². The molecule has 1 unspecified atom stereocenters. The van der Waals surface area contributed by atoms with Crippen LogP contribution in [0.4, 0.5) is 4.79 Å². The van der Waals surface area contributed by atoms with Crippen molar-refractivity contribution in [2.75, 3.05) is 26.7 Å². The van der Waals surface area contributed by atoms with Crippen molar-refractivity contribution >= 4 is 17.4 Å². The molecule has 0 bridgehead atoms. The average molecular weight is 299 g/mol. The molecule has 0 spiro atoms. The van der Waals surface area contributed by atoms with Crippen LogP contribution in [0.3, 0.4) is 0 Å². The van der Waals surface area contributed by atoms with Crippen LogP contribution in [0.5, 0.6) is 5.19 Å². The number of carbonyl (C=O) groups is 1. The Bertz CT molecular complexity index is 470. The van der Waals surface area contributed by atoms with Crippen LogP contribution in [0.2, 0.25) is 0 Å². The number of methoxy groups -OCH3 is 1.